The lowest BCUT2D eigenvalue weighted by molar-refractivity contribution is 0.0916. The molecule has 2 aromatic carbocycles. The van der Waals surface area contributed by atoms with Crippen molar-refractivity contribution in [2.24, 2.45) is 0 Å². The molecule has 1 atom stereocenters. The van der Waals surface area contributed by atoms with Crippen molar-refractivity contribution in [2.45, 2.75) is 6.10 Å². The molecule has 1 amide bonds. The van der Waals surface area contributed by atoms with E-state index in [1.807, 2.05) is 61.5 Å². The third-order valence-corrected chi connectivity index (χ3v) is 3.29. The van der Waals surface area contributed by atoms with Crippen molar-refractivity contribution >= 4 is 11.6 Å². The Balaban J connectivity index is 1.92. The van der Waals surface area contributed by atoms with Crippen LogP contribution < -0.4 is 10.2 Å². The molecule has 2 aromatic rings. The number of anilines is 1. The van der Waals surface area contributed by atoms with Gasteiger partial charge in [-0.3, -0.25) is 4.79 Å². The van der Waals surface area contributed by atoms with Crippen molar-refractivity contribution in [1.82, 2.24) is 5.32 Å². The number of aliphatic hydroxyl groups excluding tert-OH is 1. The summed E-state index contributed by atoms with van der Waals surface area (Å²) in [7, 11) is 3.90. The maximum absolute atomic E-state index is 12.0. The van der Waals surface area contributed by atoms with Gasteiger partial charge in [0.05, 0.1) is 6.10 Å². The highest BCUT2D eigenvalue weighted by atomic mass is 16.3. The van der Waals surface area contributed by atoms with E-state index < -0.39 is 6.10 Å². The minimum absolute atomic E-state index is 0.185. The van der Waals surface area contributed by atoms with Gasteiger partial charge in [-0.15, -0.1) is 0 Å². The van der Waals surface area contributed by atoms with Crippen LogP contribution >= 0.6 is 0 Å². The first-order valence-electron chi connectivity index (χ1n) is 6.86. The van der Waals surface area contributed by atoms with Crippen LogP contribution in [0.25, 0.3) is 0 Å². The number of carbonyl (C=O) groups is 1. The third kappa shape index (κ3) is 4.07. The molecule has 0 aliphatic heterocycles. The molecule has 2 N–H and O–H groups in total. The Morgan fingerprint density at radius 3 is 2.29 bits per heavy atom. The van der Waals surface area contributed by atoms with Crippen LogP contribution in [0.2, 0.25) is 0 Å². The number of hydrogen-bond donors (Lipinski definition) is 2. The van der Waals surface area contributed by atoms with Gasteiger partial charge in [0, 0.05) is 31.9 Å². The van der Waals surface area contributed by atoms with E-state index in [0.29, 0.717) is 5.56 Å². The first kappa shape index (κ1) is 15.1. The normalized spacial score (nSPS) is 11.8. The van der Waals surface area contributed by atoms with Crippen molar-refractivity contribution in [3.05, 3.63) is 65.7 Å². The summed E-state index contributed by atoms with van der Waals surface area (Å²) in [6, 6.07) is 16.6. The zero-order chi connectivity index (χ0) is 15.2. The average molecular weight is 284 g/mol. The molecule has 4 heteroatoms. The summed E-state index contributed by atoms with van der Waals surface area (Å²) in [5, 5.41) is 12.8. The molecule has 0 aliphatic rings. The lowest BCUT2D eigenvalue weighted by Crippen LogP contribution is -2.28. The smallest absolute Gasteiger partial charge is 0.251 e. The summed E-state index contributed by atoms with van der Waals surface area (Å²) in [6.45, 7) is 0.193. The maximum atomic E-state index is 12.0. The zero-order valence-electron chi connectivity index (χ0n) is 12.3. The van der Waals surface area contributed by atoms with Crippen LogP contribution in [0.3, 0.4) is 0 Å². The van der Waals surface area contributed by atoms with Crippen LogP contribution in [0.15, 0.2) is 54.6 Å². The molecule has 4 nitrogen and oxygen atoms in total. The van der Waals surface area contributed by atoms with Gasteiger partial charge in [-0.25, -0.2) is 0 Å². The first-order valence-corrected chi connectivity index (χ1v) is 6.86. The van der Waals surface area contributed by atoms with E-state index in [1.165, 1.54) is 0 Å². The predicted octanol–water partition coefficient (Wildman–Crippen LogP) is 2.22. The van der Waals surface area contributed by atoms with Crippen molar-refractivity contribution in [3.63, 3.8) is 0 Å². The second-order valence-corrected chi connectivity index (χ2v) is 5.08. The molecule has 110 valence electrons. The van der Waals surface area contributed by atoms with Crippen LogP contribution in [0.4, 0.5) is 5.69 Å². The molecule has 0 bridgehead atoms. The minimum Gasteiger partial charge on any atom is -0.387 e. The summed E-state index contributed by atoms with van der Waals surface area (Å²) >= 11 is 0. The molecular weight excluding hydrogens is 264 g/mol. The SMILES string of the molecule is CN(C)c1ccc(C(=O)NCC(O)c2ccccc2)cc1. The van der Waals surface area contributed by atoms with Crippen molar-refractivity contribution in [3.8, 4) is 0 Å². The summed E-state index contributed by atoms with van der Waals surface area (Å²) in [5.41, 5.74) is 2.41. The second-order valence-electron chi connectivity index (χ2n) is 5.08. The van der Waals surface area contributed by atoms with Gasteiger partial charge in [0.15, 0.2) is 0 Å². The molecule has 1 unspecified atom stereocenters. The molecule has 0 saturated heterocycles. The van der Waals surface area contributed by atoms with E-state index in [0.717, 1.165) is 11.3 Å². The fourth-order valence-electron chi connectivity index (χ4n) is 2.00. The van der Waals surface area contributed by atoms with Crippen LogP contribution in [0.1, 0.15) is 22.0 Å². The fraction of sp³-hybridized carbons (Fsp3) is 0.235. The van der Waals surface area contributed by atoms with Gasteiger partial charge >= 0.3 is 0 Å². The van der Waals surface area contributed by atoms with E-state index in [2.05, 4.69) is 5.32 Å². The van der Waals surface area contributed by atoms with Gasteiger partial charge in [-0.2, -0.15) is 0 Å². The number of rotatable bonds is 5. The average Bonchev–Trinajstić information content (AvgIpc) is 2.53. The van der Waals surface area contributed by atoms with Crippen LogP contribution in [0.5, 0.6) is 0 Å². The lowest BCUT2D eigenvalue weighted by atomic mass is 10.1. The molecule has 21 heavy (non-hydrogen) atoms. The van der Waals surface area contributed by atoms with E-state index >= 15 is 0 Å². The molecule has 0 aliphatic carbocycles. The Morgan fingerprint density at radius 1 is 1.10 bits per heavy atom. The van der Waals surface area contributed by atoms with E-state index in [1.54, 1.807) is 12.1 Å². The first-order chi connectivity index (χ1) is 10.1. The molecule has 0 heterocycles. The quantitative estimate of drug-likeness (QED) is 0.885. The Morgan fingerprint density at radius 2 is 1.71 bits per heavy atom. The molecule has 0 radical (unpaired) electrons. The Kier molecular flexibility index (Phi) is 4.95. The number of carbonyl (C=O) groups excluding carboxylic acids is 1. The lowest BCUT2D eigenvalue weighted by Gasteiger charge is -2.14. The molecule has 0 spiro atoms. The number of nitrogens with one attached hydrogen (secondary N) is 1. The molecular formula is C17H20N2O2. The summed E-state index contributed by atoms with van der Waals surface area (Å²) in [5.74, 6) is -0.185. The minimum atomic E-state index is -0.698. The van der Waals surface area contributed by atoms with Gasteiger partial charge in [0.2, 0.25) is 0 Å². The van der Waals surface area contributed by atoms with Crippen LogP contribution in [-0.2, 0) is 0 Å². The largest absolute Gasteiger partial charge is 0.387 e. The number of aliphatic hydroxyl groups is 1. The van der Waals surface area contributed by atoms with Crippen LogP contribution in [-0.4, -0.2) is 31.7 Å². The fourth-order valence-corrected chi connectivity index (χ4v) is 2.00. The number of nitrogens with zero attached hydrogens (tertiary/aromatic N) is 1. The highest BCUT2D eigenvalue weighted by Gasteiger charge is 2.10. The topological polar surface area (TPSA) is 52.6 Å². The standard InChI is InChI=1S/C17H20N2O2/c1-19(2)15-10-8-14(9-11-15)17(21)18-12-16(20)13-6-4-3-5-7-13/h3-11,16,20H,12H2,1-2H3,(H,18,21). The van der Waals surface area contributed by atoms with Gasteiger partial charge in [0.1, 0.15) is 0 Å². The monoisotopic (exact) mass is 284 g/mol. The van der Waals surface area contributed by atoms with E-state index in [-0.39, 0.29) is 12.5 Å². The Hall–Kier alpha value is -2.33. The van der Waals surface area contributed by atoms with E-state index in [9.17, 15) is 9.90 Å². The molecule has 0 aromatic heterocycles. The number of amides is 1. The zero-order valence-corrected chi connectivity index (χ0v) is 12.3. The molecule has 0 saturated carbocycles. The van der Waals surface area contributed by atoms with Gasteiger partial charge < -0.3 is 15.3 Å². The van der Waals surface area contributed by atoms with Crippen molar-refractivity contribution in [1.29, 1.82) is 0 Å². The second kappa shape index (κ2) is 6.90. The molecule has 0 fully saturated rings. The Labute approximate surface area is 125 Å². The summed E-state index contributed by atoms with van der Waals surface area (Å²) in [4.78, 5) is 14.0. The maximum Gasteiger partial charge on any atom is 0.251 e. The number of hydrogen-bond acceptors (Lipinski definition) is 3. The van der Waals surface area contributed by atoms with Crippen molar-refractivity contribution in [2.75, 3.05) is 25.5 Å². The van der Waals surface area contributed by atoms with E-state index in [4.69, 9.17) is 0 Å². The van der Waals surface area contributed by atoms with Gasteiger partial charge in [0.25, 0.3) is 5.91 Å². The number of benzene rings is 2. The Bertz CT molecular complexity index is 579. The van der Waals surface area contributed by atoms with Gasteiger partial charge in [-0.1, -0.05) is 30.3 Å². The summed E-state index contributed by atoms with van der Waals surface area (Å²) < 4.78 is 0. The highest BCUT2D eigenvalue weighted by molar-refractivity contribution is 5.94. The predicted molar refractivity (Wildman–Crippen MR) is 84.5 cm³/mol. The van der Waals surface area contributed by atoms with Crippen molar-refractivity contribution < 1.29 is 9.90 Å². The molecule has 2 rings (SSSR count). The third-order valence-electron chi connectivity index (χ3n) is 3.29. The highest BCUT2D eigenvalue weighted by Crippen LogP contribution is 2.13. The van der Waals surface area contributed by atoms with Gasteiger partial charge in [-0.05, 0) is 29.8 Å². The van der Waals surface area contributed by atoms with Crippen LogP contribution in [0, 0.1) is 0 Å². The summed E-state index contributed by atoms with van der Waals surface area (Å²) in [6.07, 6.45) is -0.698.